The first kappa shape index (κ1) is 19.9. The standard InChI is InChI=1S/C25H24N2O3/c26-24(29)25(17-19-8-7-13-22(16-19)20-9-3-1-4-10-20)18-27(14-15-30-25)23(28)21-11-5-2-6-12-21/h1-13,16H,14-15,17-18H2,(H2,26,29)/t25-/m0/s1. The predicted molar refractivity (Wildman–Crippen MR) is 116 cm³/mol. The summed E-state index contributed by atoms with van der Waals surface area (Å²) >= 11 is 0. The van der Waals surface area contributed by atoms with Crippen LogP contribution in [0.3, 0.4) is 0 Å². The van der Waals surface area contributed by atoms with Crippen LogP contribution in [0.5, 0.6) is 0 Å². The third kappa shape index (κ3) is 4.11. The smallest absolute Gasteiger partial charge is 0.254 e. The third-order valence-electron chi connectivity index (χ3n) is 5.47. The highest BCUT2D eigenvalue weighted by Crippen LogP contribution is 2.27. The van der Waals surface area contributed by atoms with Gasteiger partial charge in [-0.05, 0) is 28.8 Å². The molecule has 2 N–H and O–H groups in total. The molecule has 0 unspecified atom stereocenters. The molecule has 1 heterocycles. The molecule has 0 aliphatic carbocycles. The van der Waals surface area contributed by atoms with Crippen molar-refractivity contribution in [2.75, 3.05) is 19.7 Å². The first-order valence-electron chi connectivity index (χ1n) is 10.00. The molecule has 4 rings (SSSR count). The van der Waals surface area contributed by atoms with Gasteiger partial charge in [0.2, 0.25) is 0 Å². The van der Waals surface area contributed by atoms with Gasteiger partial charge in [-0.3, -0.25) is 9.59 Å². The number of hydrogen-bond acceptors (Lipinski definition) is 3. The van der Waals surface area contributed by atoms with E-state index in [4.69, 9.17) is 10.5 Å². The number of carbonyl (C=O) groups is 2. The van der Waals surface area contributed by atoms with Crippen molar-refractivity contribution >= 4 is 11.8 Å². The van der Waals surface area contributed by atoms with Gasteiger partial charge in [0.05, 0.1) is 13.2 Å². The average molecular weight is 400 g/mol. The molecule has 1 atom stereocenters. The maximum atomic E-state index is 12.9. The molecule has 1 fully saturated rings. The highest BCUT2D eigenvalue weighted by Gasteiger charge is 2.44. The Labute approximate surface area is 176 Å². The average Bonchev–Trinajstić information content (AvgIpc) is 2.80. The molecule has 0 bridgehead atoms. The molecule has 2 amide bonds. The van der Waals surface area contributed by atoms with E-state index >= 15 is 0 Å². The van der Waals surface area contributed by atoms with Crippen LogP contribution in [0.2, 0.25) is 0 Å². The minimum Gasteiger partial charge on any atom is -0.367 e. The van der Waals surface area contributed by atoms with E-state index in [9.17, 15) is 9.59 Å². The number of ether oxygens (including phenoxy) is 1. The zero-order chi connectivity index (χ0) is 21.0. The lowest BCUT2D eigenvalue weighted by atomic mass is 9.90. The van der Waals surface area contributed by atoms with Gasteiger partial charge in [0.25, 0.3) is 11.8 Å². The summed E-state index contributed by atoms with van der Waals surface area (Å²) in [6.45, 7) is 0.818. The van der Waals surface area contributed by atoms with E-state index in [-0.39, 0.29) is 19.1 Å². The fourth-order valence-corrected chi connectivity index (χ4v) is 3.89. The van der Waals surface area contributed by atoms with E-state index in [2.05, 4.69) is 0 Å². The van der Waals surface area contributed by atoms with Gasteiger partial charge in [0.15, 0.2) is 5.60 Å². The van der Waals surface area contributed by atoms with Crippen molar-refractivity contribution in [1.82, 2.24) is 4.90 Å². The molecule has 5 nitrogen and oxygen atoms in total. The van der Waals surface area contributed by atoms with Crippen LogP contribution >= 0.6 is 0 Å². The Hall–Kier alpha value is -3.44. The quantitative estimate of drug-likeness (QED) is 0.714. The summed E-state index contributed by atoms with van der Waals surface area (Å²) in [5, 5.41) is 0. The summed E-state index contributed by atoms with van der Waals surface area (Å²) < 4.78 is 5.92. The zero-order valence-corrected chi connectivity index (χ0v) is 16.7. The fourth-order valence-electron chi connectivity index (χ4n) is 3.89. The van der Waals surface area contributed by atoms with Gasteiger partial charge in [-0.25, -0.2) is 0 Å². The number of nitrogens with two attached hydrogens (primary N) is 1. The molecular weight excluding hydrogens is 376 g/mol. The van der Waals surface area contributed by atoms with Crippen molar-refractivity contribution in [1.29, 1.82) is 0 Å². The molecule has 5 heteroatoms. The molecule has 152 valence electrons. The van der Waals surface area contributed by atoms with Crippen LogP contribution in [0.1, 0.15) is 15.9 Å². The molecule has 3 aromatic carbocycles. The topological polar surface area (TPSA) is 72.6 Å². The molecule has 0 saturated carbocycles. The zero-order valence-electron chi connectivity index (χ0n) is 16.7. The van der Waals surface area contributed by atoms with Crippen molar-refractivity contribution < 1.29 is 14.3 Å². The van der Waals surface area contributed by atoms with E-state index in [1.54, 1.807) is 17.0 Å². The summed E-state index contributed by atoms with van der Waals surface area (Å²) in [5.74, 6) is -0.680. The second-order valence-corrected chi connectivity index (χ2v) is 7.54. The van der Waals surface area contributed by atoms with Crippen LogP contribution in [0.15, 0.2) is 84.9 Å². The maximum Gasteiger partial charge on any atom is 0.254 e. The van der Waals surface area contributed by atoms with E-state index in [1.165, 1.54) is 0 Å². The van der Waals surface area contributed by atoms with Crippen LogP contribution < -0.4 is 5.73 Å². The Morgan fingerprint density at radius 1 is 0.900 bits per heavy atom. The van der Waals surface area contributed by atoms with Crippen LogP contribution in [0, 0.1) is 0 Å². The summed E-state index contributed by atoms with van der Waals surface area (Å²) in [7, 11) is 0. The van der Waals surface area contributed by atoms with Crippen molar-refractivity contribution in [3.8, 4) is 11.1 Å². The fraction of sp³-hybridized carbons (Fsp3) is 0.200. The van der Waals surface area contributed by atoms with Gasteiger partial charge < -0.3 is 15.4 Å². The van der Waals surface area contributed by atoms with Crippen LogP contribution in [-0.4, -0.2) is 42.0 Å². The lowest BCUT2D eigenvalue weighted by Crippen LogP contribution is -2.61. The van der Waals surface area contributed by atoms with E-state index in [0.29, 0.717) is 18.5 Å². The Bertz CT molecular complexity index is 1040. The first-order valence-corrected chi connectivity index (χ1v) is 10.00. The highest BCUT2D eigenvalue weighted by molar-refractivity contribution is 5.95. The number of benzene rings is 3. The van der Waals surface area contributed by atoms with Crippen LogP contribution in [0.4, 0.5) is 0 Å². The number of morpholine rings is 1. The van der Waals surface area contributed by atoms with Crippen molar-refractivity contribution in [3.63, 3.8) is 0 Å². The number of rotatable bonds is 5. The van der Waals surface area contributed by atoms with Gasteiger partial charge in [-0.15, -0.1) is 0 Å². The van der Waals surface area contributed by atoms with Gasteiger partial charge in [-0.1, -0.05) is 72.8 Å². The van der Waals surface area contributed by atoms with Crippen LogP contribution in [0.25, 0.3) is 11.1 Å². The van der Waals surface area contributed by atoms with Gasteiger partial charge in [0, 0.05) is 18.5 Å². The number of nitrogens with zero attached hydrogens (tertiary/aromatic N) is 1. The Kier molecular flexibility index (Phi) is 5.63. The van der Waals surface area contributed by atoms with Gasteiger partial charge in [0.1, 0.15) is 0 Å². The van der Waals surface area contributed by atoms with E-state index in [1.807, 2.05) is 72.8 Å². The summed E-state index contributed by atoms with van der Waals surface area (Å²) in [4.78, 5) is 27.1. The molecule has 1 saturated heterocycles. The third-order valence-corrected chi connectivity index (χ3v) is 5.47. The molecular formula is C25H24N2O3. The molecule has 1 aliphatic heterocycles. The molecule has 30 heavy (non-hydrogen) atoms. The van der Waals surface area contributed by atoms with Crippen molar-refractivity contribution in [3.05, 3.63) is 96.1 Å². The van der Waals surface area contributed by atoms with Gasteiger partial charge >= 0.3 is 0 Å². The Morgan fingerprint density at radius 3 is 2.27 bits per heavy atom. The molecule has 0 aromatic heterocycles. The predicted octanol–water partition coefficient (Wildman–Crippen LogP) is 3.29. The number of primary amides is 1. The van der Waals surface area contributed by atoms with E-state index < -0.39 is 11.5 Å². The summed E-state index contributed by atoms with van der Waals surface area (Å²) in [6, 6.07) is 27.1. The largest absolute Gasteiger partial charge is 0.367 e. The van der Waals surface area contributed by atoms with Crippen molar-refractivity contribution in [2.45, 2.75) is 12.0 Å². The van der Waals surface area contributed by atoms with Crippen molar-refractivity contribution in [2.24, 2.45) is 5.73 Å². The SMILES string of the molecule is NC(=O)[C@]1(Cc2cccc(-c3ccccc3)c2)CN(C(=O)c2ccccc2)CCO1. The minimum atomic E-state index is -1.25. The summed E-state index contributed by atoms with van der Waals surface area (Å²) in [6.07, 6.45) is 0.307. The lowest BCUT2D eigenvalue weighted by Gasteiger charge is -2.40. The minimum absolute atomic E-state index is 0.123. The second kappa shape index (κ2) is 8.51. The first-order chi connectivity index (χ1) is 14.6. The lowest BCUT2D eigenvalue weighted by molar-refractivity contribution is -0.153. The number of amides is 2. The normalized spacial score (nSPS) is 18.7. The highest BCUT2D eigenvalue weighted by atomic mass is 16.5. The maximum absolute atomic E-state index is 12.9. The number of carbonyl (C=O) groups excluding carboxylic acids is 2. The summed E-state index contributed by atoms with van der Waals surface area (Å²) in [5.41, 5.74) is 8.22. The molecule has 0 radical (unpaired) electrons. The Morgan fingerprint density at radius 2 is 1.57 bits per heavy atom. The number of hydrogen-bond donors (Lipinski definition) is 1. The molecule has 0 spiro atoms. The Balaban J connectivity index is 1.59. The van der Waals surface area contributed by atoms with Gasteiger partial charge in [-0.2, -0.15) is 0 Å². The van der Waals surface area contributed by atoms with E-state index in [0.717, 1.165) is 16.7 Å². The second-order valence-electron chi connectivity index (χ2n) is 7.54. The van der Waals surface area contributed by atoms with Crippen LogP contribution in [-0.2, 0) is 16.0 Å². The monoisotopic (exact) mass is 400 g/mol. The molecule has 1 aliphatic rings. The molecule has 3 aromatic rings.